The Labute approximate surface area is 149 Å². The number of guanidine groups is 1. The highest BCUT2D eigenvalue weighted by atomic mass is 19.1. The van der Waals surface area contributed by atoms with Gasteiger partial charge in [0, 0.05) is 33.9 Å². The molecule has 0 aliphatic carbocycles. The standard InChI is InChI=1S/C18H30FN3O3/c1-20-18(22-11-5-12-24-15-14-23-2)21-10-3-4-13-25-17-8-6-16(19)7-9-17/h6-9H,3-5,10-15H2,1-2H3,(H2,20,21,22). The van der Waals surface area contributed by atoms with Crippen LogP contribution in [0.5, 0.6) is 5.75 Å². The summed E-state index contributed by atoms with van der Waals surface area (Å²) in [5.41, 5.74) is 0. The van der Waals surface area contributed by atoms with Gasteiger partial charge in [-0.2, -0.15) is 0 Å². The molecule has 0 aliphatic rings. The average molecular weight is 355 g/mol. The van der Waals surface area contributed by atoms with E-state index < -0.39 is 0 Å². The molecular weight excluding hydrogens is 325 g/mol. The lowest BCUT2D eigenvalue weighted by atomic mass is 10.3. The van der Waals surface area contributed by atoms with Crippen molar-refractivity contribution in [3.05, 3.63) is 30.1 Å². The number of aliphatic imine (C=N–C) groups is 1. The van der Waals surface area contributed by atoms with E-state index in [0.717, 1.165) is 38.3 Å². The molecule has 0 fully saturated rings. The van der Waals surface area contributed by atoms with E-state index in [9.17, 15) is 4.39 Å². The number of benzene rings is 1. The summed E-state index contributed by atoms with van der Waals surface area (Å²) in [7, 11) is 3.41. The number of ether oxygens (including phenoxy) is 3. The summed E-state index contributed by atoms with van der Waals surface area (Å²) in [6.07, 6.45) is 2.78. The first-order chi connectivity index (χ1) is 12.3. The Morgan fingerprint density at radius 1 is 0.960 bits per heavy atom. The molecule has 0 saturated carbocycles. The molecule has 0 radical (unpaired) electrons. The molecule has 6 nitrogen and oxygen atoms in total. The minimum absolute atomic E-state index is 0.253. The molecule has 0 unspecified atom stereocenters. The summed E-state index contributed by atoms with van der Waals surface area (Å²) in [6, 6.07) is 6.07. The van der Waals surface area contributed by atoms with E-state index in [1.807, 2.05) is 0 Å². The number of rotatable bonds is 13. The van der Waals surface area contributed by atoms with Crippen LogP contribution in [0, 0.1) is 5.82 Å². The minimum atomic E-state index is -0.253. The number of halogens is 1. The first-order valence-electron chi connectivity index (χ1n) is 8.66. The normalized spacial score (nSPS) is 11.4. The van der Waals surface area contributed by atoms with Gasteiger partial charge >= 0.3 is 0 Å². The fourth-order valence-electron chi connectivity index (χ4n) is 2.00. The topological polar surface area (TPSA) is 64.1 Å². The second kappa shape index (κ2) is 14.5. The van der Waals surface area contributed by atoms with Crippen LogP contribution >= 0.6 is 0 Å². The Balaban J connectivity index is 1.97. The molecule has 0 saturated heterocycles. The molecule has 25 heavy (non-hydrogen) atoms. The molecule has 142 valence electrons. The summed E-state index contributed by atoms with van der Waals surface area (Å²) >= 11 is 0. The summed E-state index contributed by atoms with van der Waals surface area (Å²) in [5, 5.41) is 6.50. The van der Waals surface area contributed by atoms with Crippen molar-refractivity contribution >= 4 is 5.96 Å². The summed E-state index contributed by atoms with van der Waals surface area (Å²) in [5.74, 6) is 1.23. The predicted octanol–water partition coefficient (Wildman–Crippen LogP) is 2.20. The first-order valence-corrected chi connectivity index (χ1v) is 8.66. The van der Waals surface area contributed by atoms with E-state index in [1.54, 1.807) is 26.3 Å². The van der Waals surface area contributed by atoms with Crippen LogP contribution in [0.2, 0.25) is 0 Å². The Kier molecular flexibility index (Phi) is 12.3. The van der Waals surface area contributed by atoms with E-state index in [-0.39, 0.29) is 5.82 Å². The number of hydrogen-bond acceptors (Lipinski definition) is 4. The average Bonchev–Trinajstić information content (AvgIpc) is 2.63. The third-order valence-corrected chi connectivity index (χ3v) is 3.36. The van der Waals surface area contributed by atoms with Crippen LogP contribution in [0.3, 0.4) is 0 Å². The largest absolute Gasteiger partial charge is 0.494 e. The van der Waals surface area contributed by atoms with E-state index in [0.29, 0.717) is 32.2 Å². The molecule has 7 heteroatoms. The van der Waals surface area contributed by atoms with E-state index in [2.05, 4.69) is 15.6 Å². The molecular formula is C18H30FN3O3. The fraction of sp³-hybridized carbons (Fsp3) is 0.611. The Morgan fingerprint density at radius 2 is 1.68 bits per heavy atom. The molecule has 1 rings (SSSR count). The quantitative estimate of drug-likeness (QED) is 0.323. The van der Waals surface area contributed by atoms with Crippen LogP contribution in [0.1, 0.15) is 19.3 Å². The van der Waals surface area contributed by atoms with Gasteiger partial charge in [0.15, 0.2) is 5.96 Å². The number of unbranched alkanes of at least 4 members (excludes halogenated alkanes) is 1. The van der Waals surface area contributed by atoms with Gasteiger partial charge in [0.1, 0.15) is 11.6 Å². The Morgan fingerprint density at radius 3 is 2.36 bits per heavy atom. The molecule has 0 aromatic heterocycles. The second-order valence-corrected chi connectivity index (χ2v) is 5.39. The molecule has 0 aliphatic heterocycles. The van der Waals surface area contributed by atoms with Gasteiger partial charge < -0.3 is 24.8 Å². The number of nitrogens with zero attached hydrogens (tertiary/aromatic N) is 1. The monoisotopic (exact) mass is 355 g/mol. The van der Waals surface area contributed by atoms with Crippen molar-refractivity contribution in [2.24, 2.45) is 4.99 Å². The minimum Gasteiger partial charge on any atom is -0.494 e. The molecule has 0 heterocycles. The maximum absolute atomic E-state index is 12.8. The van der Waals surface area contributed by atoms with Crippen molar-refractivity contribution in [3.63, 3.8) is 0 Å². The number of nitrogens with one attached hydrogen (secondary N) is 2. The maximum Gasteiger partial charge on any atom is 0.190 e. The molecule has 0 spiro atoms. The predicted molar refractivity (Wildman–Crippen MR) is 97.8 cm³/mol. The second-order valence-electron chi connectivity index (χ2n) is 5.39. The van der Waals surface area contributed by atoms with Crippen molar-refractivity contribution in [2.45, 2.75) is 19.3 Å². The van der Waals surface area contributed by atoms with Gasteiger partial charge in [0.2, 0.25) is 0 Å². The van der Waals surface area contributed by atoms with Gasteiger partial charge in [-0.05, 0) is 43.5 Å². The van der Waals surface area contributed by atoms with Crippen molar-refractivity contribution < 1.29 is 18.6 Å². The fourth-order valence-corrected chi connectivity index (χ4v) is 2.00. The number of hydrogen-bond donors (Lipinski definition) is 2. The van der Waals surface area contributed by atoms with Gasteiger partial charge in [-0.3, -0.25) is 4.99 Å². The van der Waals surface area contributed by atoms with Crippen molar-refractivity contribution in [2.75, 3.05) is 53.7 Å². The molecule has 0 atom stereocenters. The van der Waals surface area contributed by atoms with E-state index >= 15 is 0 Å². The zero-order valence-corrected chi connectivity index (χ0v) is 15.2. The van der Waals surface area contributed by atoms with Crippen LogP contribution < -0.4 is 15.4 Å². The highest BCUT2D eigenvalue weighted by molar-refractivity contribution is 5.79. The summed E-state index contributed by atoms with van der Waals surface area (Å²) in [6.45, 7) is 4.19. The van der Waals surface area contributed by atoms with Crippen LogP contribution in [0.15, 0.2) is 29.3 Å². The highest BCUT2D eigenvalue weighted by Gasteiger charge is 1.98. The molecule has 2 N–H and O–H groups in total. The molecule has 0 amide bonds. The van der Waals surface area contributed by atoms with Crippen LogP contribution in [0.25, 0.3) is 0 Å². The van der Waals surface area contributed by atoms with Gasteiger partial charge in [-0.1, -0.05) is 0 Å². The highest BCUT2D eigenvalue weighted by Crippen LogP contribution is 2.11. The van der Waals surface area contributed by atoms with Crippen LogP contribution in [0.4, 0.5) is 4.39 Å². The van der Waals surface area contributed by atoms with Gasteiger partial charge in [0.25, 0.3) is 0 Å². The first kappa shape index (κ1) is 21.2. The zero-order chi connectivity index (χ0) is 18.2. The Hall–Kier alpha value is -1.86. The SMILES string of the molecule is CN=C(NCCCCOc1ccc(F)cc1)NCCCOCCOC. The summed E-state index contributed by atoms with van der Waals surface area (Å²) < 4.78 is 28.6. The summed E-state index contributed by atoms with van der Waals surface area (Å²) in [4.78, 5) is 4.18. The van der Waals surface area contributed by atoms with Crippen LogP contribution in [-0.4, -0.2) is 59.6 Å². The lowest BCUT2D eigenvalue weighted by Crippen LogP contribution is -2.38. The Bertz CT molecular complexity index is 469. The number of methoxy groups -OCH3 is 1. The third kappa shape index (κ3) is 11.3. The smallest absolute Gasteiger partial charge is 0.190 e. The van der Waals surface area contributed by atoms with Crippen molar-refractivity contribution in [3.8, 4) is 5.75 Å². The van der Waals surface area contributed by atoms with Gasteiger partial charge in [-0.15, -0.1) is 0 Å². The zero-order valence-electron chi connectivity index (χ0n) is 15.2. The third-order valence-electron chi connectivity index (χ3n) is 3.36. The van der Waals surface area contributed by atoms with Crippen LogP contribution in [-0.2, 0) is 9.47 Å². The van der Waals surface area contributed by atoms with Gasteiger partial charge in [0.05, 0.1) is 19.8 Å². The lowest BCUT2D eigenvalue weighted by molar-refractivity contribution is 0.0698. The van der Waals surface area contributed by atoms with E-state index in [1.165, 1.54) is 12.1 Å². The van der Waals surface area contributed by atoms with Crippen molar-refractivity contribution in [1.82, 2.24) is 10.6 Å². The lowest BCUT2D eigenvalue weighted by Gasteiger charge is -2.12. The maximum atomic E-state index is 12.8. The van der Waals surface area contributed by atoms with Crippen molar-refractivity contribution in [1.29, 1.82) is 0 Å². The molecule has 1 aromatic rings. The van der Waals surface area contributed by atoms with Gasteiger partial charge in [-0.25, -0.2) is 4.39 Å². The molecule has 1 aromatic carbocycles. The molecule has 0 bridgehead atoms. The van der Waals surface area contributed by atoms with E-state index in [4.69, 9.17) is 14.2 Å².